The van der Waals surface area contributed by atoms with Crippen molar-refractivity contribution in [2.24, 2.45) is 5.73 Å². The van der Waals surface area contributed by atoms with Gasteiger partial charge in [0.1, 0.15) is 11.5 Å². The predicted octanol–water partition coefficient (Wildman–Crippen LogP) is 2.12. The van der Waals surface area contributed by atoms with Crippen molar-refractivity contribution in [1.82, 2.24) is 9.78 Å². The van der Waals surface area contributed by atoms with Crippen LogP contribution in [0.3, 0.4) is 0 Å². The maximum Gasteiger partial charge on any atom is 0.291 e. The molecule has 23 heavy (non-hydrogen) atoms. The first-order chi connectivity index (χ1) is 11.0. The minimum absolute atomic E-state index is 0.190. The number of nitrogens with two attached hydrogens (primary N) is 1. The lowest BCUT2D eigenvalue weighted by atomic mass is 10.2. The topological polar surface area (TPSA) is 103 Å². The maximum absolute atomic E-state index is 12.0. The summed E-state index contributed by atoms with van der Waals surface area (Å²) in [6, 6.07) is 11.9. The van der Waals surface area contributed by atoms with Gasteiger partial charge in [0.05, 0.1) is 5.69 Å². The first-order valence-electron chi connectivity index (χ1n) is 6.86. The van der Waals surface area contributed by atoms with Crippen LogP contribution >= 0.6 is 0 Å². The molecule has 116 valence electrons. The molecule has 0 aliphatic rings. The molecule has 0 unspecified atom stereocenters. The zero-order chi connectivity index (χ0) is 16.4. The van der Waals surface area contributed by atoms with Gasteiger partial charge in [-0.2, -0.15) is 5.10 Å². The second-order valence-electron chi connectivity index (χ2n) is 4.92. The van der Waals surface area contributed by atoms with E-state index in [1.807, 2.05) is 0 Å². The van der Waals surface area contributed by atoms with Crippen LogP contribution in [0.1, 0.15) is 26.8 Å². The maximum atomic E-state index is 12.0. The Morgan fingerprint density at radius 2 is 1.87 bits per heavy atom. The van der Waals surface area contributed by atoms with Crippen molar-refractivity contribution >= 4 is 17.5 Å². The van der Waals surface area contributed by atoms with Crippen LogP contribution in [0.2, 0.25) is 0 Å². The predicted molar refractivity (Wildman–Crippen MR) is 83.5 cm³/mol. The third kappa shape index (κ3) is 3.13. The van der Waals surface area contributed by atoms with Gasteiger partial charge in [0.15, 0.2) is 5.76 Å². The third-order valence-corrected chi connectivity index (χ3v) is 3.20. The normalized spacial score (nSPS) is 10.5. The van der Waals surface area contributed by atoms with Crippen LogP contribution in [-0.2, 0) is 0 Å². The highest BCUT2D eigenvalue weighted by Crippen LogP contribution is 2.15. The number of carbonyl (C=O) groups excluding carboxylic acids is 2. The summed E-state index contributed by atoms with van der Waals surface area (Å²) in [7, 11) is 0. The van der Waals surface area contributed by atoms with Crippen molar-refractivity contribution in [3.8, 4) is 5.69 Å². The summed E-state index contributed by atoms with van der Waals surface area (Å²) in [4.78, 5) is 23.0. The number of primary amides is 1. The molecule has 0 fully saturated rings. The molecule has 3 rings (SSSR count). The average Bonchev–Trinajstić information content (AvgIpc) is 3.17. The van der Waals surface area contributed by atoms with Crippen molar-refractivity contribution in [3.63, 3.8) is 0 Å². The van der Waals surface area contributed by atoms with E-state index in [1.54, 1.807) is 49.5 Å². The number of anilines is 1. The fraction of sp³-hybridized carbons (Fsp3) is 0.0625. The molecule has 0 saturated heterocycles. The van der Waals surface area contributed by atoms with E-state index in [2.05, 4.69) is 10.4 Å². The number of rotatable bonds is 4. The molecule has 1 aromatic carbocycles. The summed E-state index contributed by atoms with van der Waals surface area (Å²) >= 11 is 0. The number of furan rings is 1. The van der Waals surface area contributed by atoms with E-state index in [0.717, 1.165) is 5.69 Å². The van der Waals surface area contributed by atoms with Crippen LogP contribution in [0.4, 0.5) is 5.69 Å². The Bertz CT molecular complexity index is 862. The highest BCUT2D eigenvalue weighted by molar-refractivity contribution is 6.02. The monoisotopic (exact) mass is 310 g/mol. The van der Waals surface area contributed by atoms with Crippen LogP contribution < -0.4 is 11.1 Å². The molecule has 0 bridgehead atoms. The van der Waals surface area contributed by atoms with Gasteiger partial charge in [-0.05, 0) is 49.4 Å². The second-order valence-corrected chi connectivity index (χ2v) is 4.92. The van der Waals surface area contributed by atoms with Crippen LogP contribution in [-0.4, -0.2) is 21.6 Å². The van der Waals surface area contributed by atoms with Crippen molar-refractivity contribution in [1.29, 1.82) is 0 Å². The van der Waals surface area contributed by atoms with E-state index in [1.165, 1.54) is 10.7 Å². The van der Waals surface area contributed by atoms with E-state index in [9.17, 15) is 9.59 Å². The largest absolute Gasteiger partial charge is 0.456 e. The Balaban J connectivity index is 1.74. The smallest absolute Gasteiger partial charge is 0.291 e. The Morgan fingerprint density at radius 1 is 1.13 bits per heavy atom. The van der Waals surface area contributed by atoms with Crippen LogP contribution in [0, 0.1) is 6.92 Å². The number of aromatic nitrogens is 2. The second kappa shape index (κ2) is 5.80. The first kappa shape index (κ1) is 14.6. The van der Waals surface area contributed by atoms with Gasteiger partial charge in [0, 0.05) is 11.9 Å². The molecule has 2 amide bonds. The van der Waals surface area contributed by atoms with E-state index >= 15 is 0 Å². The number of nitrogens with one attached hydrogen (secondary N) is 1. The van der Waals surface area contributed by atoms with Crippen molar-refractivity contribution in [3.05, 3.63) is 65.9 Å². The molecule has 3 aromatic rings. The van der Waals surface area contributed by atoms with Gasteiger partial charge in [-0.1, -0.05) is 0 Å². The van der Waals surface area contributed by atoms with E-state index in [4.69, 9.17) is 10.2 Å². The van der Waals surface area contributed by atoms with Crippen molar-refractivity contribution in [2.45, 2.75) is 6.92 Å². The lowest BCUT2D eigenvalue weighted by molar-refractivity contribution is 0.0987. The lowest BCUT2D eigenvalue weighted by Gasteiger charge is -2.05. The molecule has 2 aromatic heterocycles. The van der Waals surface area contributed by atoms with Gasteiger partial charge in [0.25, 0.3) is 11.8 Å². The number of aryl methyl sites for hydroxylation is 1. The zero-order valence-corrected chi connectivity index (χ0v) is 12.3. The van der Waals surface area contributed by atoms with Gasteiger partial charge >= 0.3 is 0 Å². The molecule has 2 heterocycles. The fourth-order valence-corrected chi connectivity index (χ4v) is 2.05. The molecule has 0 aliphatic carbocycles. The summed E-state index contributed by atoms with van der Waals surface area (Å²) in [6.45, 7) is 1.77. The molecule has 0 spiro atoms. The van der Waals surface area contributed by atoms with E-state index in [-0.39, 0.29) is 17.4 Å². The van der Waals surface area contributed by atoms with E-state index in [0.29, 0.717) is 11.4 Å². The Morgan fingerprint density at radius 3 is 2.43 bits per heavy atom. The molecule has 0 radical (unpaired) electrons. The Labute approximate surface area is 131 Å². The van der Waals surface area contributed by atoms with Gasteiger partial charge in [-0.15, -0.1) is 0 Å². The first-order valence-corrected chi connectivity index (χ1v) is 6.86. The van der Waals surface area contributed by atoms with Crippen molar-refractivity contribution < 1.29 is 14.0 Å². The van der Waals surface area contributed by atoms with Gasteiger partial charge in [0.2, 0.25) is 0 Å². The Kier molecular flexibility index (Phi) is 3.68. The summed E-state index contributed by atoms with van der Waals surface area (Å²) in [5, 5.41) is 6.80. The summed E-state index contributed by atoms with van der Waals surface area (Å²) in [5.41, 5.74) is 6.72. The lowest BCUT2D eigenvalue weighted by Crippen LogP contribution is -2.12. The quantitative estimate of drug-likeness (QED) is 0.770. The van der Waals surface area contributed by atoms with Gasteiger partial charge in [-0.3, -0.25) is 9.59 Å². The standard InChI is InChI=1S/C16H14N4O3/c1-10-2-7-14(23-10)16(22)18-11-3-5-12(6-4-11)20-9-8-13(19-20)15(17)21/h2-9H,1H3,(H2,17,21)(H,18,22). The minimum atomic E-state index is -0.582. The molecular weight excluding hydrogens is 296 g/mol. The summed E-state index contributed by atoms with van der Waals surface area (Å²) in [5.74, 6) is 0.0292. The van der Waals surface area contributed by atoms with Gasteiger partial charge in [-0.25, -0.2) is 4.68 Å². The number of amides is 2. The highest BCUT2D eigenvalue weighted by atomic mass is 16.3. The van der Waals surface area contributed by atoms with Gasteiger partial charge < -0.3 is 15.5 Å². The molecule has 7 nitrogen and oxygen atoms in total. The minimum Gasteiger partial charge on any atom is -0.456 e. The average molecular weight is 310 g/mol. The van der Waals surface area contributed by atoms with Crippen LogP contribution in [0.25, 0.3) is 5.69 Å². The SMILES string of the molecule is Cc1ccc(C(=O)Nc2ccc(-n3ccc(C(N)=O)n3)cc2)o1. The molecular formula is C16H14N4O3. The number of nitrogens with zero attached hydrogens (tertiary/aromatic N) is 2. The zero-order valence-electron chi connectivity index (χ0n) is 12.3. The van der Waals surface area contributed by atoms with Crippen molar-refractivity contribution in [2.75, 3.05) is 5.32 Å². The molecule has 3 N–H and O–H groups in total. The van der Waals surface area contributed by atoms with Crippen LogP contribution in [0.5, 0.6) is 0 Å². The molecule has 0 atom stereocenters. The number of benzene rings is 1. The Hall–Kier alpha value is -3.35. The summed E-state index contributed by atoms with van der Waals surface area (Å²) in [6.07, 6.45) is 1.64. The number of hydrogen-bond donors (Lipinski definition) is 2. The molecule has 0 aliphatic heterocycles. The molecule has 7 heteroatoms. The molecule has 0 saturated carbocycles. The fourth-order valence-electron chi connectivity index (χ4n) is 2.05. The number of hydrogen-bond acceptors (Lipinski definition) is 4. The highest BCUT2D eigenvalue weighted by Gasteiger charge is 2.10. The number of carbonyl (C=O) groups is 2. The van der Waals surface area contributed by atoms with E-state index < -0.39 is 5.91 Å². The summed E-state index contributed by atoms with van der Waals surface area (Å²) < 4.78 is 6.80. The third-order valence-electron chi connectivity index (χ3n) is 3.20. The van der Waals surface area contributed by atoms with Crippen LogP contribution in [0.15, 0.2) is 53.1 Å².